The topological polar surface area (TPSA) is 80.2 Å². The molecular weight excluding hydrogens is 286 g/mol. The Hall–Kier alpha value is -2.57. The highest BCUT2D eigenvalue weighted by Crippen LogP contribution is 2.30. The number of ether oxygens (including phenoxy) is 2. The second kappa shape index (κ2) is 5.32. The zero-order chi connectivity index (χ0) is 15.7. The van der Waals surface area contributed by atoms with E-state index in [0.717, 1.165) is 10.6 Å². The maximum atomic E-state index is 12.2. The van der Waals surface area contributed by atoms with Gasteiger partial charge in [0, 0.05) is 0 Å². The highest BCUT2D eigenvalue weighted by Gasteiger charge is 2.46. The van der Waals surface area contributed by atoms with Gasteiger partial charge in [0.1, 0.15) is 18.8 Å². The normalized spacial score (nSPS) is 24.0. The van der Waals surface area contributed by atoms with Crippen molar-refractivity contribution in [2.45, 2.75) is 25.8 Å². The molecule has 7 nitrogen and oxygen atoms in total. The number of nitrogens with one attached hydrogen (secondary N) is 1. The molecule has 7 heteroatoms. The van der Waals surface area contributed by atoms with Gasteiger partial charge in [-0.2, -0.15) is 5.10 Å². The predicted molar refractivity (Wildman–Crippen MR) is 79.1 cm³/mol. The van der Waals surface area contributed by atoms with Gasteiger partial charge in [-0.3, -0.25) is 4.79 Å². The Labute approximate surface area is 127 Å². The van der Waals surface area contributed by atoms with Gasteiger partial charge in [0.2, 0.25) is 0 Å². The lowest BCUT2D eigenvalue weighted by atomic mass is 10.00. The van der Waals surface area contributed by atoms with E-state index in [-0.39, 0.29) is 5.91 Å². The lowest BCUT2D eigenvalue weighted by molar-refractivity contribution is -0.130. The minimum atomic E-state index is -0.888. The third kappa shape index (κ3) is 2.38. The summed E-state index contributed by atoms with van der Waals surface area (Å²) in [6.07, 6.45) is 1.96. The van der Waals surface area contributed by atoms with Crippen molar-refractivity contribution in [3.05, 3.63) is 23.8 Å². The lowest BCUT2D eigenvalue weighted by Gasteiger charge is -2.18. The van der Waals surface area contributed by atoms with E-state index in [9.17, 15) is 9.59 Å². The van der Waals surface area contributed by atoms with Crippen molar-refractivity contribution in [3.8, 4) is 11.5 Å². The standard InChI is InChI=1S/C15H17N3O4/c1-3-15(2)13(19)18(14(20)17-15)16-9-10-4-5-11-12(8-10)22-7-6-21-11/h4-5,8-9H,3,6-7H2,1-2H3,(H,17,20)/b16-9+. The molecule has 0 bridgehead atoms. The first-order chi connectivity index (χ1) is 10.5. The van der Waals surface area contributed by atoms with Crippen molar-refractivity contribution in [2.24, 2.45) is 5.10 Å². The second-order valence-electron chi connectivity index (χ2n) is 5.38. The van der Waals surface area contributed by atoms with Crippen LogP contribution in [0.4, 0.5) is 4.79 Å². The highest BCUT2D eigenvalue weighted by molar-refractivity contribution is 6.07. The van der Waals surface area contributed by atoms with Gasteiger partial charge >= 0.3 is 6.03 Å². The fourth-order valence-corrected chi connectivity index (χ4v) is 2.28. The zero-order valence-corrected chi connectivity index (χ0v) is 12.5. The first-order valence-electron chi connectivity index (χ1n) is 7.14. The molecule has 1 aromatic rings. The van der Waals surface area contributed by atoms with Crippen molar-refractivity contribution in [1.82, 2.24) is 10.3 Å². The summed E-state index contributed by atoms with van der Waals surface area (Å²) < 4.78 is 10.9. The van der Waals surface area contributed by atoms with Gasteiger partial charge in [-0.1, -0.05) is 6.92 Å². The fraction of sp³-hybridized carbons (Fsp3) is 0.400. The van der Waals surface area contributed by atoms with Crippen molar-refractivity contribution in [2.75, 3.05) is 13.2 Å². The van der Waals surface area contributed by atoms with E-state index in [1.807, 2.05) is 6.92 Å². The Morgan fingerprint density at radius 1 is 1.32 bits per heavy atom. The summed E-state index contributed by atoms with van der Waals surface area (Å²) in [5, 5.41) is 7.50. The molecule has 0 aromatic heterocycles. The molecule has 2 aliphatic rings. The maximum absolute atomic E-state index is 12.2. The molecule has 0 aliphatic carbocycles. The summed E-state index contributed by atoms with van der Waals surface area (Å²) in [6.45, 7) is 4.55. The highest BCUT2D eigenvalue weighted by atomic mass is 16.6. The van der Waals surface area contributed by atoms with Gasteiger partial charge in [0.15, 0.2) is 11.5 Å². The number of carbonyl (C=O) groups excluding carboxylic acids is 2. The van der Waals surface area contributed by atoms with Gasteiger partial charge in [0.25, 0.3) is 5.91 Å². The molecule has 0 spiro atoms. The minimum Gasteiger partial charge on any atom is -0.486 e. The van der Waals surface area contributed by atoms with Crippen LogP contribution in [0.25, 0.3) is 0 Å². The number of imide groups is 1. The molecule has 3 rings (SSSR count). The maximum Gasteiger partial charge on any atom is 0.346 e. The average Bonchev–Trinajstić information content (AvgIpc) is 2.75. The molecular formula is C15H17N3O4. The van der Waals surface area contributed by atoms with Crippen molar-refractivity contribution in [1.29, 1.82) is 0 Å². The number of amides is 3. The van der Waals surface area contributed by atoms with E-state index < -0.39 is 11.6 Å². The van der Waals surface area contributed by atoms with Gasteiger partial charge < -0.3 is 14.8 Å². The van der Waals surface area contributed by atoms with E-state index >= 15 is 0 Å². The van der Waals surface area contributed by atoms with Crippen molar-refractivity contribution in [3.63, 3.8) is 0 Å². The van der Waals surface area contributed by atoms with Crippen molar-refractivity contribution >= 4 is 18.2 Å². The third-order valence-corrected chi connectivity index (χ3v) is 3.84. The van der Waals surface area contributed by atoms with Gasteiger partial charge in [-0.15, -0.1) is 5.01 Å². The number of urea groups is 1. The van der Waals surface area contributed by atoms with E-state index in [2.05, 4.69) is 10.4 Å². The number of hydrogen-bond donors (Lipinski definition) is 1. The molecule has 2 aliphatic heterocycles. The second-order valence-corrected chi connectivity index (χ2v) is 5.38. The van der Waals surface area contributed by atoms with Crippen LogP contribution in [0.15, 0.2) is 23.3 Å². The number of hydrazone groups is 1. The van der Waals surface area contributed by atoms with Crippen LogP contribution >= 0.6 is 0 Å². The summed E-state index contributed by atoms with van der Waals surface area (Å²) in [7, 11) is 0. The Morgan fingerprint density at radius 3 is 2.73 bits per heavy atom. The summed E-state index contributed by atoms with van der Waals surface area (Å²) >= 11 is 0. The van der Waals surface area contributed by atoms with Gasteiger partial charge in [-0.05, 0) is 37.1 Å². The SMILES string of the molecule is CCC1(C)NC(=O)N(/N=C/c2ccc3c(c2)OCCO3)C1=O. The molecule has 1 atom stereocenters. The number of nitrogens with zero attached hydrogens (tertiary/aromatic N) is 2. The lowest BCUT2D eigenvalue weighted by Crippen LogP contribution is -2.42. The Morgan fingerprint density at radius 2 is 2.05 bits per heavy atom. The van der Waals surface area contributed by atoms with Crippen LogP contribution in [0.1, 0.15) is 25.8 Å². The summed E-state index contributed by atoms with van der Waals surface area (Å²) in [5.41, 5.74) is -0.170. The summed E-state index contributed by atoms with van der Waals surface area (Å²) in [6, 6.07) is 4.81. The zero-order valence-electron chi connectivity index (χ0n) is 12.5. The average molecular weight is 303 g/mol. The molecule has 116 valence electrons. The first-order valence-corrected chi connectivity index (χ1v) is 7.14. The van der Waals surface area contributed by atoms with Crippen LogP contribution in [0, 0.1) is 0 Å². The van der Waals surface area contributed by atoms with Crippen LogP contribution in [-0.2, 0) is 4.79 Å². The molecule has 3 amide bonds. The summed E-state index contributed by atoms with van der Waals surface area (Å²) in [5.74, 6) is 0.955. The Balaban J connectivity index is 1.80. The fourth-order valence-electron chi connectivity index (χ4n) is 2.28. The quantitative estimate of drug-likeness (QED) is 0.678. The largest absolute Gasteiger partial charge is 0.486 e. The van der Waals surface area contributed by atoms with Crippen LogP contribution in [0.3, 0.4) is 0 Å². The molecule has 22 heavy (non-hydrogen) atoms. The predicted octanol–water partition coefficient (Wildman–Crippen LogP) is 1.51. The van der Waals surface area contributed by atoms with Crippen molar-refractivity contribution < 1.29 is 19.1 Å². The first kappa shape index (κ1) is 14.4. The Bertz CT molecular complexity index is 658. The number of hydrogen-bond acceptors (Lipinski definition) is 5. The van der Waals surface area contributed by atoms with E-state index in [0.29, 0.717) is 31.1 Å². The molecule has 1 fully saturated rings. The number of rotatable bonds is 3. The summed E-state index contributed by atoms with van der Waals surface area (Å²) in [4.78, 5) is 24.1. The molecule has 0 radical (unpaired) electrons. The number of benzene rings is 1. The van der Waals surface area contributed by atoms with Gasteiger partial charge in [-0.25, -0.2) is 4.79 Å². The molecule has 0 saturated carbocycles. The monoisotopic (exact) mass is 303 g/mol. The molecule has 1 aromatic carbocycles. The molecule has 1 saturated heterocycles. The number of carbonyl (C=O) groups is 2. The molecule has 1 unspecified atom stereocenters. The van der Waals surface area contributed by atoms with E-state index in [4.69, 9.17) is 9.47 Å². The minimum absolute atomic E-state index is 0.353. The van der Waals surface area contributed by atoms with Crippen LogP contribution in [0.5, 0.6) is 11.5 Å². The third-order valence-electron chi connectivity index (χ3n) is 3.84. The molecule has 1 N–H and O–H groups in total. The number of fused-ring (bicyclic) bond motifs is 1. The van der Waals surface area contributed by atoms with E-state index in [1.54, 1.807) is 25.1 Å². The van der Waals surface area contributed by atoms with Crippen LogP contribution in [0.2, 0.25) is 0 Å². The van der Waals surface area contributed by atoms with Crippen LogP contribution < -0.4 is 14.8 Å². The molecule has 2 heterocycles. The Kier molecular flexibility index (Phi) is 3.48. The smallest absolute Gasteiger partial charge is 0.346 e. The van der Waals surface area contributed by atoms with Gasteiger partial charge in [0.05, 0.1) is 6.21 Å². The van der Waals surface area contributed by atoms with E-state index in [1.165, 1.54) is 6.21 Å². The van der Waals surface area contributed by atoms with Crippen LogP contribution in [-0.4, -0.2) is 41.9 Å².